The van der Waals surface area contributed by atoms with Crippen LogP contribution in [0.15, 0.2) is 206 Å². The van der Waals surface area contributed by atoms with E-state index in [1.165, 1.54) is 170 Å². The molecule has 0 amide bonds. The number of pyridine rings is 1. The van der Waals surface area contributed by atoms with E-state index in [0.29, 0.717) is 11.8 Å². The fourth-order valence-corrected chi connectivity index (χ4v) is 15.3. The number of nitrogens with zero attached hydrogens (tertiary/aromatic N) is 3. The maximum atomic E-state index is 6.01. The SMILES string of the molecule is CC(C)(C)c1cc(-c2cc(-c3cc(C(C)(C)C)cc(C(C)(C)C)c3)nc(-c3cc4c5c(c3)N(c3ccc(-c6ccccc6)cc3)c3ccc(C6CCCCC6)cc3B5c3cc(C5CCCCC5)ccc3N4c3ccc(-c4ccccc4)cc3)c2)cc(C(C)(C)C)c1. The summed E-state index contributed by atoms with van der Waals surface area (Å²) in [6.07, 6.45) is 12.8. The second-order valence-electron chi connectivity index (χ2n) is 31.4. The van der Waals surface area contributed by atoms with Crippen LogP contribution < -0.4 is 26.2 Å². The zero-order valence-corrected chi connectivity index (χ0v) is 56.3. The maximum absolute atomic E-state index is 6.01. The van der Waals surface area contributed by atoms with Gasteiger partial charge in [0.2, 0.25) is 0 Å². The Morgan fingerprint density at radius 2 is 0.648 bits per heavy atom. The fourth-order valence-electron chi connectivity index (χ4n) is 15.3. The van der Waals surface area contributed by atoms with E-state index in [-0.39, 0.29) is 28.4 Å². The van der Waals surface area contributed by atoms with Crippen molar-refractivity contribution < 1.29 is 0 Å². The van der Waals surface area contributed by atoms with Crippen molar-refractivity contribution in [1.82, 2.24) is 4.98 Å². The summed E-state index contributed by atoms with van der Waals surface area (Å²) in [6.45, 7) is 28.2. The van der Waals surface area contributed by atoms with Crippen molar-refractivity contribution in [2.45, 2.75) is 181 Å². The summed E-state index contributed by atoms with van der Waals surface area (Å²) in [5, 5.41) is 0. The number of anilines is 6. The summed E-state index contributed by atoms with van der Waals surface area (Å²) < 4.78 is 0. The lowest BCUT2D eigenvalue weighted by molar-refractivity contribution is 0.444. The standard InChI is InChI=1S/C87H92BN3/c1-84(2,3)69-45-65(46-70(55-69)85(4,5)6)66-51-77(67-47-71(86(7,8)9)56-72(48-67)87(10,11)12)89-78(52-66)68-53-81-83-82(54-68)91(74-41-35-62(36-42-74)58-27-19-14-20-28-58)80-44-38-64(60-31-23-16-24-32-60)50-76(80)88(83)75-49-63(59-29-21-15-22-30-59)37-43-79(75)90(81)73-39-33-61(34-40-73)57-25-17-13-18-26-57/h13-14,17-20,25-28,33-56,59-60H,15-16,21-24,29-32H2,1-12H3. The largest absolute Gasteiger partial charge is 0.311 e. The predicted octanol–water partition coefficient (Wildman–Crippen LogP) is 22.8. The molecule has 0 saturated heterocycles. The number of benzene rings is 9. The molecule has 2 aliphatic heterocycles. The molecule has 0 bridgehead atoms. The molecular formula is C87H92BN3. The van der Waals surface area contributed by atoms with Crippen molar-refractivity contribution in [2.24, 2.45) is 0 Å². The molecule has 3 nitrogen and oxygen atoms in total. The Morgan fingerprint density at radius 3 is 1.02 bits per heavy atom. The van der Waals surface area contributed by atoms with Gasteiger partial charge in [0.25, 0.3) is 6.71 Å². The molecule has 9 aromatic carbocycles. The van der Waals surface area contributed by atoms with E-state index in [1.807, 2.05) is 0 Å². The van der Waals surface area contributed by atoms with Crippen molar-refractivity contribution in [3.63, 3.8) is 0 Å². The molecule has 14 rings (SSSR count). The number of rotatable bonds is 9. The average Bonchev–Trinajstić information content (AvgIpc) is 0.697. The average molecular weight is 1190 g/mol. The summed E-state index contributed by atoms with van der Waals surface area (Å²) in [5.74, 6) is 1.11. The molecule has 4 aliphatic rings. The molecule has 0 atom stereocenters. The summed E-state index contributed by atoms with van der Waals surface area (Å²) in [7, 11) is 0. The highest BCUT2D eigenvalue weighted by atomic mass is 15.2. The van der Waals surface area contributed by atoms with Crippen LogP contribution in [-0.2, 0) is 21.7 Å². The smallest absolute Gasteiger partial charge is 0.252 e. The van der Waals surface area contributed by atoms with Crippen LogP contribution in [0.5, 0.6) is 0 Å². The van der Waals surface area contributed by atoms with Crippen molar-refractivity contribution in [3.05, 3.63) is 240 Å². The molecule has 458 valence electrons. The van der Waals surface area contributed by atoms with Gasteiger partial charge in [-0.1, -0.05) is 255 Å². The van der Waals surface area contributed by atoms with Crippen LogP contribution in [0.1, 0.15) is 193 Å². The normalized spacial score (nSPS) is 15.5. The van der Waals surface area contributed by atoms with Crippen LogP contribution in [0.25, 0.3) is 55.9 Å². The van der Waals surface area contributed by atoms with Gasteiger partial charge in [-0.3, -0.25) is 0 Å². The Balaban J connectivity index is 1.08. The van der Waals surface area contributed by atoms with Gasteiger partial charge in [-0.2, -0.15) is 0 Å². The monoisotopic (exact) mass is 1190 g/mol. The lowest BCUT2D eigenvalue weighted by Crippen LogP contribution is -2.61. The molecule has 2 aliphatic carbocycles. The highest BCUT2D eigenvalue weighted by molar-refractivity contribution is 7.00. The van der Waals surface area contributed by atoms with Gasteiger partial charge in [0.15, 0.2) is 0 Å². The molecular weight excluding hydrogens is 1100 g/mol. The van der Waals surface area contributed by atoms with Crippen molar-refractivity contribution >= 4 is 57.2 Å². The number of fused-ring (bicyclic) bond motifs is 4. The third-order valence-electron chi connectivity index (χ3n) is 20.8. The lowest BCUT2D eigenvalue weighted by atomic mass is 9.33. The summed E-state index contributed by atoms with van der Waals surface area (Å²) in [6, 6.07) is 80.5. The number of aromatic nitrogens is 1. The molecule has 3 heterocycles. The predicted molar refractivity (Wildman–Crippen MR) is 392 cm³/mol. The summed E-state index contributed by atoms with van der Waals surface area (Å²) in [5.41, 5.74) is 30.8. The van der Waals surface area contributed by atoms with Gasteiger partial charge in [-0.15, -0.1) is 0 Å². The minimum absolute atomic E-state index is 0.0161. The Hall–Kier alpha value is -8.21. The Kier molecular flexibility index (Phi) is 15.6. The van der Waals surface area contributed by atoms with Crippen LogP contribution in [0, 0.1) is 0 Å². The molecule has 1 aromatic heterocycles. The first kappa shape index (κ1) is 60.4. The van der Waals surface area contributed by atoms with Gasteiger partial charge < -0.3 is 9.80 Å². The summed E-state index contributed by atoms with van der Waals surface area (Å²) >= 11 is 0. The molecule has 2 fully saturated rings. The zero-order valence-electron chi connectivity index (χ0n) is 56.3. The van der Waals surface area contributed by atoms with Crippen molar-refractivity contribution in [1.29, 1.82) is 0 Å². The zero-order chi connectivity index (χ0) is 63.1. The molecule has 0 unspecified atom stereocenters. The van der Waals surface area contributed by atoms with Gasteiger partial charge in [-0.05, 0) is 215 Å². The van der Waals surface area contributed by atoms with E-state index >= 15 is 0 Å². The molecule has 10 aromatic rings. The molecule has 0 N–H and O–H groups in total. The second-order valence-corrected chi connectivity index (χ2v) is 31.4. The maximum Gasteiger partial charge on any atom is 0.252 e. The Morgan fingerprint density at radius 1 is 0.308 bits per heavy atom. The molecule has 0 spiro atoms. The highest BCUT2D eigenvalue weighted by Gasteiger charge is 2.45. The topological polar surface area (TPSA) is 19.4 Å². The van der Waals surface area contributed by atoms with Crippen LogP contribution in [0.4, 0.5) is 34.1 Å². The molecule has 0 radical (unpaired) electrons. The van der Waals surface area contributed by atoms with E-state index in [1.54, 1.807) is 0 Å². The van der Waals surface area contributed by atoms with E-state index in [9.17, 15) is 0 Å². The first-order chi connectivity index (χ1) is 43.6. The lowest BCUT2D eigenvalue weighted by Gasteiger charge is -2.45. The molecule has 91 heavy (non-hydrogen) atoms. The minimum Gasteiger partial charge on any atom is -0.311 e. The quantitative estimate of drug-likeness (QED) is 0.134. The van der Waals surface area contributed by atoms with Crippen LogP contribution in [-0.4, -0.2) is 11.7 Å². The first-order valence-corrected chi connectivity index (χ1v) is 34.3. The molecule has 4 heteroatoms. The van der Waals surface area contributed by atoms with Crippen LogP contribution >= 0.6 is 0 Å². The Bertz CT molecular complexity index is 3990. The number of hydrogen-bond donors (Lipinski definition) is 0. The van der Waals surface area contributed by atoms with Gasteiger partial charge >= 0.3 is 0 Å². The van der Waals surface area contributed by atoms with E-state index < -0.39 is 0 Å². The second kappa shape index (κ2) is 23.5. The van der Waals surface area contributed by atoms with E-state index in [2.05, 4.69) is 299 Å². The van der Waals surface area contributed by atoms with E-state index in [0.717, 1.165) is 33.9 Å². The Labute approximate surface area is 545 Å². The van der Waals surface area contributed by atoms with Gasteiger partial charge in [0.05, 0.1) is 11.4 Å². The number of hydrogen-bond acceptors (Lipinski definition) is 3. The highest BCUT2D eigenvalue weighted by Crippen LogP contribution is 2.49. The van der Waals surface area contributed by atoms with Gasteiger partial charge in [0, 0.05) is 45.3 Å². The minimum atomic E-state index is -0.0801. The van der Waals surface area contributed by atoms with Gasteiger partial charge in [-0.25, -0.2) is 4.98 Å². The van der Waals surface area contributed by atoms with Crippen molar-refractivity contribution in [2.75, 3.05) is 9.80 Å². The third kappa shape index (κ3) is 11.8. The fraction of sp³-hybridized carbons (Fsp3) is 0.322. The first-order valence-electron chi connectivity index (χ1n) is 34.3. The van der Waals surface area contributed by atoms with Gasteiger partial charge in [0.1, 0.15) is 0 Å². The molecule has 2 saturated carbocycles. The van der Waals surface area contributed by atoms with Crippen LogP contribution in [0.3, 0.4) is 0 Å². The summed E-state index contributed by atoms with van der Waals surface area (Å²) in [4.78, 5) is 11.3. The van der Waals surface area contributed by atoms with E-state index in [4.69, 9.17) is 4.98 Å². The van der Waals surface area contributed by atoms with Crippen LogP contribution in [0.2, 0.25) is 0 Å². The third-order valence-corrected chi connectivity index (χ3v) is 20.8. The van der Waals surface area contributed by atoms with Crippen molar-refractivity contribution in [3.8, 4) is 55.9 Å².